The molecule has 0 saturated heterocycles. The van der Waals surface area contributed by atoms with E-state index in [0.29, 0.717) is 5.41 Å². The molecule has 0 aliphatic heterocycles. The Labute approximate surface area is 144 Å². The lowest BCUT2D eigenvalue weighted by Gasteiger charge is -2.30. The predicted octanol–water partition coefficient (Wildman–Crippen LogP) is 6.39. The molecule has 0 aromatic heterocycles. The molecule has 1 N–H and O–H groups in total. The van der Waals surface area contributed by atoms with E-state index in [-0.39, 0.29) is 0 Å². The fraction of sp³-hybridized carbons (Fsp3) is 0.727. The van der Waals surface area contributed by atoms with Gasteiger partial charge in [-0.2, -0.15) is 0 Å². The Kier molecular flexibility index (Phi) is 6.56. The number of rotatable bonds is 6. The summed E-state index contributed by atoms with van der Waals surface area (Å²) in [7, 11) is 2.08. The van der Waals surface area contributed by atoms with E-state index in [1.54, 1.807) is 16.7 Å². The van der Waals surface area contributed by atoms with Gasteiger partial charge in [0.05, 0.1) is 0 Å². The average Bonchev–Trinajstić information content (AvgIpc) is 2.73. The molecule has 0 saturated carbocycles. The molecule has 0 spiro atoms. The first-order valence-electron chi connectivity index (χ1n) is 9.78. The van der Waals surface area contributed by atoms with Crippen LogP contribution < -0.4 is 5.32 Å². The van der Waals surface area contributed by atoms with Crippen molar-refractivity contribution in [2.75, 3.05) is 12.4 Å². The van der Waals surface area contributed by atoms with Gasteiger partial charge in [-0.25, -0.2) is 0 Å². The predicted molar refractivity (Wildman–Crippen MR) is 103 cm³/mol. The number of hydrogen-bond donors (Lipinski definition) is 1. The second-order valence-corrected chi connectivity index (χ2v) is 8.45. The number of anilines is 1. The first-order valence-corrected chi connectivity index (χ1v) is 9.78. The summed E-state index contributed by atoms with van der Waals surface area (Å²) in [4.78, 5) is 0. The Morgan fingerprint density at radius 2 is 1.91 bits per heavy atom. The van der Waals surface area contributed by atoms with Gasteiger partial charge in [-0.15, -0.1) is 0 Å². The third-order valence-corrected chi connectivity index (χ3v) is 5.75. The number of nitrogens with one attached hydrogen (secondary N) is 1. The maximum Gasteiger partial charge on any atom is 0.0373 e. The van der Waals surface area contributed by atoms with Gasteiger partial charge in [-0.1, -0.05) is 53.0 Å². The van der Waals surface area contributed by atoms with E-state index in [1.165, 1.54) is 63.5 Å². The standard InChI is InChI=1S/C22H37N/c1-6-7-8-9-12-20-19-13-10-11-18(22(2,3)4)16-17(19)14-15-21(20)23-5/h14-15,18,23H,6-13,16H2,1-5H3. The third-order valence-electron chi connectivity index (χ3n) is 5.75. The lowest BCUT2D eigenvalue weighted by atomic mass is 9.75. The van der Waals surface area contributed by atoms with Crippen LogP contribution in [-0.4, -0.2) is 7.05 Å². The Hall–Kier alpha value is -0.980. The highest BCUT2D eigenvalue weighted by Gasteiger charge is 2.28. The molecule has 0 radical (unpaired) electrons. The minimum absolute atomic E-state index is 0.421. The summed E-state index contributed by atoms with van der Waals surface area (Å²) in [5.74, 6) is 0.817. The minimum Gasteiger partial charge on any atom is -0.388 e. The number of fused-ring (bicyclic) bond motifs is 1. The molecular formula is C22H37N. The highest BCUT2D eigenvalue weighted by Crippen LogP contribution is 2.38. The summed E-state index contributed by atoms with van der Waals surface area (Å²) in [5, 5.41) is 3.45. The van der Waals surface area contributed by atoms with Crippen LogP contribution in [0.15, 0.2) is 12.1 Å². The fourth-order valence-corrected chi connectivity index (χ4v) is 4.12. The van der Waals surface area contributed by atoms with Gasteiger partial charge in [0.2, 0.25) is 0 Å². The van der Waals surface area contributed by atoms with Crippen molar-refractivity contribution in [2.45, 2.75) is 85.5 Å². The van der Waals surface area contributed by atoms with E-state index in [4.69, 9.17) is 0 Å². The van der Waals surface area contributed by atoms with E-state index < -0.39 is 0 Å². The van der Waals surface area contributed by atoms with E-state index in [1.807, 2.05) is 0 Å². The van der Waals surface area contributed by atoms with E-state index in [9.17, 15) is 0 Å². The Bertz CT molecular complexity index is 495. The van der Waals surface area contributed by atoms with Crippen LogP contribution in [0, 0.1) is 11.3 Å². The van der Waals surface area contributed by atoms with Crippen LogP contribution >= 0.6 is 0 Å². The van der Waals surface area contributed by atoms with Gasteiger partial charge in [0, 0.05) is 12.7 Å². The topological polar surface area (TPSA) is 12.0 Å². The minimum atomic E-state index is 0.421. The number of benzene rings is 1. The van der Waals surface area contributed by atoms with Crippen molar-refractivity contribution in [1.82, 2.24) is 0 Å². The van der Waals surface area contributed by atoms with Gasteiger partial charge < -0.3 is 5.32 Å². The quantitative estimate of drug-likeness (QED) is 0.473. The first kappa shape index (κ1) is 18.4. The van der Waals surface area contributed by atoms with E-state index >= 15 is 0 Å². The van der Waals surface area contributed by atoms with Crippen molar-refractivity contribution < 1.29 is 0 Å². The highest BCUT2D eigenvalue weighted by molar-refractivity contribution is 5.57. The van der Waals surface area contributed by atoms with Crippen LogP contribution in [0.5, 0.6) is 0 Å². The van der Waals surface area contributed by atoms with Crippen molar-refractivity contribution in [3.8, 4) is 0 Å². The molecule has 0 amide bonds. The van der Waals surface area contributed by atoms with Crippen molar-refractivity contribution >= 4 is 5.69 Å². The zero-order valence-electron chi connectivity index (χ0n) is 16.1. The molecular weight excluding hydrogens is 278 g/mol. The van der Waals surface area contributed by atoms with E-state index in [2.05, 4.69) is 52.2 Å². The van der Waals surface area contributed by atoms with Crippen LogP contribution in [0.2, 0.25) is 0 Å². The summed E-state index contributed by atoms with van der Waals surface area (Å²) in [5.41, 5.74) is 6.72. The molecule has 1 nitrogen and oxygen atoms in total. The molecule has 0 fully saturated rings. The molecule has 2 rings (SSSR count). The van der Waals surface area contributed by atoms with Crippen LogP contribution in [0.1, 0.15) is 82.9 Å². The van der Waals surface area contributed by atoms with Gasteiger partial charge in [-0.3, -0.25) is 0 Å². The molecule has 1 aromatic carbocycles. The molecule has 0 heterocycles. The molecule has 1 unspecified atom stereocenters. The second-order valence-electron chi connectivity index (χ2n) is 8.45. The van der Waals surface area contributed by atoms with Crippen LogP contribution in [-0.2, 0) is 19.3 Å². The lowest BCUT2D eigenvalue weighted by molar-refractivity contribution is 0.224. The highest BCUT2D eigenvalue weighted by atomic mass is 14.8. The molecule has 23 heavy (non-hydrogen) atoms. The molecule has 1 aliphatic carbocycles. The monoisotopic (exact) mass is 315 g/mol. The summed E-state index contributed by atoms with van der Waals surface area (Å²) in [6, 6.07) is 4.74. The third kappa shape index (κ3) is 4.75. The van der Waals surface area contributed by atoms with Gasteiger partial charge >= 0.3 is 0 Å². The van der Waals surface area contributed by atoms with Gasteiger partial charge in [0.15, 0.2) is 0 Å². The molecule has 1 heteroatoms. The van der Waals surface area contributed by atoms with Gasteiger partial charge in [0.1, 0.15) is 0 Å². The summed E-state index contributed by atoms with van der Waals surface area (Å²) < 4.78 is 0. The average molecular weight is 316 g/mol. The summed E-state index contributed by atoms with van der Waals surface area (Å²) >= 11 is 0. The molecule has 1 atom stereocenters. The Morgan fingerprint density at radius 3 is 2.57 bits per heavy atom. The SMILES string of the molecule is CCCCCCc1c(NC)ccc2c1CCCC(C(C)(C)C)C2. The number of unbranched alkanes of at least 4 members (excludes halogenated alkanes) is 3. The first-order chi connectivity index (χ1) is 11.0. The normalized spacial score (nSPS) is 18.4. The smallest absolute Gasteiger partial charge is 0.0373 e. The van der Waals surface area contributed by atoms with Crippen molar-refractivity contribution in [2.24, 2.45) is 11.3 Å². The maximum atomic E-state index is 3.45. The largest absolute Gasteiger partial charge is 0.388 e. The maximum absolute atomic E-state index is 3.45. The summed E-state index contributed by atoms with van der Waals surface area (Å²) in [6.45, 7) is 9.53. The molecule has 130 valence electrons. The second kappa shape index (κ2) is 8.22. The van der Waals surface area contributed by atoms with Crippen molar-refractivity contribution in [3.05, 3.63) is 28.8 Å². The Balaban J connectivity index is 2.24. The van der Waals surface area contributed by atoms with Gasteiger partial charge in [-0.05, 0) is 72.6 Å². The number of hydrogen-bond acceptors (Lipinski definition) is 1. The molecule has 0 bridgehead atoms. The zero-order chi connectivity index (χ0) is 16.9. The Morgan fingerprint density at radius 1 is 1.13 bits per heavy atom. The van der Waals surface area contributed by atoms with Crippen LogP contribution in [0.4, 0.5) is 5.69 Å². The molecule has 1 aliphatic rings. The van der Waals surface area contributed by atoms with Crippen LogP contribution in [0.3, 0.4) is 0 Å². The van der Waals surface area contributed by atoms with E-state index in [0.717, 1.165) is 5.92 Å². The van der Waals surface area contributed by atoms with Gasteiger partial charge in [0.25, 0.3) is 0 Å². The van der Waals surface area contributed by atoms with Crippen molar-refractivity contribution in [3.63, 3.8) is 0 Å². The van der Waals surface area contributed by atoms with Crippen LogP contribution in [0.25, 0.3) is 0 Å². The van der Waals surface area contributed by atoms with Crippen molar-refractivity contribution in [1.29, 1.82) is 0 Å². The summed E-state index contributed by atoms with van der Waals surface area (Å²) in [6.07, 6.45) is 11.9. The molecule has 1 aromatic rings. The lowest BCUT2D eigenvalue weighted by Crippen LogP contribution is -2.22. The zero-order valence-corrected chi connectivity index (χ0v) is 16.1. The fourth-order valence-electron chi connectivity index (χ4n) is 4.12.